The summed E-state index contributed by atoms with van der Waals surface area (Å²) >= 11 is 0. The summed E-state index contributed by atoms with van der Waals surface area (Å²) in [7, 11) is 0. The molecule has 2 heterocycles. The number of benzene rings is 1. The van der Waals surface area contributed by atoms with Crippen molar-refractivity contribution in [3.05, 3.63) is 86.9 Å². The average molecular weight is 433 g/mol. The molecular formula is C23H23N5O4. The molecule has 0 radical (unpaired) electrons. The predicted octanol–water partition coefficient (Wildman–Crippen LogP) is 3.17. The monoisotopic (exact) mass is 433 g/mol. The Balaban J connectivity index is 1.57. The topological polar surface area (TPSA) is 110 Å². The fourth-order valence-electron chi connectivity index (χ4n) is 3.80. The van der Waals surface area contributed by atoms with Crippen LogP contribution in [0.15, 0.2) is 70.7 Å². The first-order chi connectivity index (χ1) is 15.6. The lowest BCUT2D eigenvalue weighted by atomic mass is 10.1. The first kappa shape index (κ1) is 21.4. The zero-order valence-electron chi connectivity index (χ0n) is 17.4. The number of nitro groups is 1. The summed E-state index contributed by atoms with van der Waals surface area (Å²) in [6.45, 7) is 2.84. The van der Waals surface area contributed by atoms with Crippen LogP contribution in [0.4, 0.5) is 5.69 Å². The quantitative estimate of drug-likeness (QED) is 0.426. The highest BCUT2D eigenvalue weighted by Gasteiger charge is 2.25. The van der Waals surface area contributed by atoms with Gasteiger partial charge in [-0.15, -0.1) is 0 Å². The summed E-state index contributed by atoms with van der Waals surface area (Å²) < 4.78 is 5.50. The summed E-state index contributed by atoms with van der Waals surface area (Å²) in [5.41, 5.74) is 7.31. The van der Waals surface area contributed by atoms with Crippen molar-refractivity contribution in [1.29, 1.82) is 0 Å². The number of allylic oxidation sites excluding steroid dienone is 2. The van der Waals surface area contributed by atoms with Gasteiger partial charge in [0, 0.05) is 48.9 Å². The Morgan fingerprint density at radius 2 is 1.84 bits per heavy atom. The molecule has 9 heteroatoms. The van der Waals surface area contributed by atoms with Gasteiger partial charge >= 0.3 is 0 Å². The number of nitrogens with zero attached hydrogens (tertiary/aromatic N) is 4. The lowest BCUT2D eigenvalue weighted by molar-refractivity contribution is -0.384. The number of amides is 1. The Hall–Kier alpha value is -3.85. The van der Waals surface area contributed by atoms with Gasteiger partial charge in [0.1, 0.15) is 0 Å². The molecule has 1 saturated heterocycles. The molecular weight excluding hydrogens is 410 g/mol. The van der Waals surface area contributed by atoms with Crippen molar-refractivity contribution in [2.24, 2.45) is 5.10 Å². The van der Waals surface area contributed by atoms with Crippen molar-refractivity contribution in [3.8, 4) is 0 Å². The molecule has 2 aromatic rings. The SMILES string of the molecule is O=C(N/N=C\C1=C(N2CCOCC2)C(=C/c2ccc([N+](=O)[O-])cc2)/CC1)c1ccncc1. The Kier molecular flexibility index (Phi) is 6.66. The van der Waals surface area contributed by atoms with Crippen LogP contribution < -0.4 is 5.43 Å². The van der Waals surface area contributed by atoms with Gasteiger partial charge in [0.15, 0.2) is 0 Å². The molecule has 9 nitrogen and oxygen atoms in total. The number of aromatic nitrogens is 1. The van der Waals surface area contributed by atoms with Crippen LogP contribution in [0, 0.1) is 10.1 Å². The van der Waals surface area contributed by atoms with Crippen LogP contribution in [-0.4, -0.2) is 53.2 Å². The van der Waals surface area contributed by atoms with Crippen molar-refractivity contribution in [1.82, 2.24) is 15.3 Å². The first-order valence-electron chi connectivity index (χ1n) is 10.4. The van der Waals surface area contributed by atoms with Gasteiger partial charge in [-0.05, 0) is 59.9 Å². The molecule has 4 rings (SSSR count). The average Bonchev–Trinajstić information content (AvgIpc) is 3.22. The lowest BCUT2D eigenvalue weighted by Gasteiger charge is -2.31. The molecule has 1 aliphatic heterocycles. The minimum absolute atomic E-state index is 0.0697. The van der Waals surface area contributed by atoms with E-state index in [0.29, 0.717) is 18.8 Å². The molecule has 1 aromatic carbocycles. The number of hydrogen-bond acceptors (Lipinski definition) is 7. The van der Waals surface area contributed by atoms with E-state index < -0.39 is 4.92 Å². The van der Waals surface area contributed by atoms with Crippen LogP contribution in [0.5, 0.6) is 0 Å². The summed E-state index contributed by atoms with van der Waals surface area (Å²) in [5.74, 6) is -0.295. The molecule has 1 fully saturated rings. The largest absolute Gasteiger partial charge is 0.378 e. The van der Waals surface area contributed by atoms with E-state index in [-0.39, 0.29) is 11.6 Å². The van der Waals surface area contributed by atoms with E-state index in [1.807, 2.05) is 0 Å². The number of rotatable bonds is 6. The van der Waals surface area contributed by atoms with Crippen LogP contribution in [0.2, 0.25) is 0 Å². The highest BCUT2D eigenvalue weighted by molar-refractivity contribution is 5.94. The maximum Gasteiger partial charge on any atom is 0.271 e. The Morgan fingerprint density at radius 3 is 2.53 bits per heavy atom. The van der Waals surface area contributed by atoms with Gasteiger partial charge in [-0.3, -0.25) is 19.9 Å². The van der Waals surface area contributed by atoms with Gasteiger partial charge in [0.05, 0.1) is 24.4 Å². The molecule has 1 amide bonds. The molecule has 0 spiro atoms. The summed E-state index contributed by atoms with van der Waals surface area (Å²) in [5, 5.41) is 15.1. The third kappa shape index (κ3) is 5.06. The highest BCUT2D eigenvalue weighted by atomic mass is 16.6. The number of carbonyl (C=O) groups is 1. The van der Waals surface area contributed by atoms with E-state index in [9.17, 15) is 14.9 Å². The molecule has 2 aliphatic rings. The van der Waals surface area contributed by atoms with E-state index >= 15 is 0 Å². The van der Waals surface area contributed by atoms with Crippen LogP contribution in [0.1, 0.15) is 28.8 Å². The molecule has 0 unspecified atom stereocenters. The fraction of sp³-hybridized carbons (Fsp3) is 0.261. The third-order valence-electron chi connectivity index (χ3n) is 5.37. The minimum Gasteiger partial charge on any atom is -0.378 e. The number of ether oxygens (including phenoxy) is 1. The number of morpholine rings is 1. The van der Waals surface area contributed by atoms with E-state index in [2.05, 4.69) is 26.5 Å². The molecule has 1 aliphatic carbocycles. The number of non-ortho nitro benzene ring substituents is 1. The molecule has 0 bridgehead atoms. The zero-order valence-corrected chi connectivity index (χ0v) is 17.4. The van der Waals surface area contributed by atoms with E-state index in [1.54, 1.807) is 42.9 Å². The summed E-state index contributed by atoms with van der Waals surface area (Å²) in [6.07, 6.45) is 8.50. The second-order valence-electron chi connectivity index (χ2n) is 7.43. The number of pyridine rings is 1. The fourth-order valence-corrected chi connectivity index (χ4v) is 3.80. The van der Waals surface area contributed by atoms with Crippen LogP contribution in [0.25, 0.3) is 6.08 Å². The van der Waals surface area contributed by atoms with Crippen LogP contribution >= 0.6 is 0 Å². The van der Waals surface area contributed by atoms with Gasteiger partial charge in [-0.2, -0.15) is 5.10 Å². The Bertz CT molecular complexity index is 1070. The van der Waals surface area contributed by atoms with Gasteiger partial charge in [0.2, 0.25) is 0 Å². The maximum absolute atomic E-state index is 12.2. The number of carbonyl (C=O) groups excluding carboxylic acids is 1. The van der Waals surface area contributed by atoms with Gasteiger partial charge < -0.3 is 9.64 Å². The molecule has 32 heavy (non-hydrogen) atoms. The van der Waals surface area contributed by atoms with Crippen LogP contribution in [0.3, 0.4) is 0 Å². The summed E-state index contributed by atoms with van der Waals surface area (Å²) in [6, 6.07) is 9.78. The maximum atomic E-state index is 12.2. The normalized spacial score (nSPS) is 17.9. The zero-order chi connectivity index (χ0) is 22.3. The third-order valence-corrected chi connectivity index (χ3v) is 5.37. The smallest absolute Gasteiger partial charge is 0.271 e. The molecule has 0 atom stereocenters. The Morgan fingerprint density at radius 1 is 1.12 bits per heavy atom. The van der Waals surface area contributed by atoms with E-state index in [0.717, 1.165) is 48.3 Å². The number of nitrogens with one attached hydrogen (secondary N) is 1. The molecule has 0 saturated carbocycles. The summed E-state index contributed by atoms with van der Waals surface area (Å²) in [4.78, 5) is 28.9. The van der Waals surface area contributed by atoms with E-state index in [4.69, 9.17) is 4.74 Å². The predicted molar refractivity (Wildman–Crippen MR) is 120 cm³/mol. The standard InChI is InChI=1S/C23H23N5O4/c29-23(18-7-9-24-10-8-18)26-25-16-20-4-3-19(22(20)27-11-13-32-14-12-27)15-17-1-5-21(6-2-17)28(30)31/h1-2,5-10,15-16H,3-4,11-14H2,(H,26,29)/b19-15+,25-16-. The second-order valence-corrected chi connectivity index (χ2v) is 7.43. The van der Waals surface area contributed by atoms with Crippen molar-refractivity contribution in [2.75, 3.05) is 26.3 Å². The van der Waals surface area contributed by atoms with Crippen LogP contribution in [-0.2, 0) is 4.74 Å². The molecule has 1 N–H and O–H groups in total. The van der Waals surface area contributed by atoms with Gasteiger partial charge in [-0.1, -0.05) is 0 Å². The second kappa shape index (κ2) is 9.97. The minimum atomic E-state index is -0.402. The lowest BCUT2D eigenvalue weighted by Crippen LogP contribution is -2.36. The van der Waals surface area contributed by atoms with Gasteiger partial charge in [0.25, 0.3) is 11.6 Å². The Labute approximate surface area is 185 Å². The molecule has 1 aromatic heterocycles. The first-order valence-corrected chi connectivity index (χ1v) is 10.4. The highest BCUT2D eigenvalue weighted by Crippen LogP contribution is 2.35. The van der Waals surface area contributed by atoms with Crippen molar-refractivity contribution < 1.29 is 14.5 Å². The van der Waals surface area contributed by atoms with Crippen molar-refractivity contribution >= 4 is 23.9 Å². The van der Waals surface area contributed by atoms with Crippen molar-refractivity contribution in [3.63, 3.8) is 0 Å². The van der Waals surface area contributed by atoms with Crippen molar-refractivity contribution in [2.45, 2.75) is 12.8 Å². The number of nitro benzene ring substituents is 1. The number of hydrogen-bond donors (Lipinski definition) is 1. The van der Waals surface area contributed by atoms with Gasteiger partial charge in [-0.25, -0.2) is 5.43 Å². The number of hydrazone groups is 1. The van der Waals surface area contributed by atoms with E-state index in [1.165, 1.54) is 12.1 Å². The molecule has 164 valence electrons.